The SMILES string of the molecule is COc1ccc(-n2c(C(F)(F)F)nc3ccc(Br)cc32)c(C)c1. The smallest absolute Gasteiger partial charge is 0.450 e. The maximum Gasteiger partial charge on any atom is 0.450 e. The van der Waals surface area contributed by atoms with Crippen LogP contribution in [0.15, 0.2) is 40.9 Å². The minimum absolute atomic E-state index is 0.288. The molecule has 0 amide bonds. The van der Waals surface area contributed by atoms with Crippen LogP contribution >= 0.6 is 15.9 Å². The first-order valence-electron chi connectivity index (χ1n) is 6.71. The Kier molecular flexibility index (Phi) is 3.83. The first-order chi connectivity index (χ1) is 10.8. The third-order valence-electron chi connectivity index (χ3n) is 3.51. The molecule has 0 saturated carbocycles. The summed E-state index contributed by atoms with van der Waals surface area (Å²) < 4.78 is 47.2. The second-order valence-corrected chi connectivity index (χ2v) is 5.97. The predicted molar refractivity (Wildman–Crippen MR) is 85.1 cm³/mol. The number of ether oxygens (including phenoxy) is 1. The molecule has 0 aliphatic carbocycles. The van der Waals surface area contributed by atoms with E-state index < -0.39 is 12.0 Å². The highest BCUT2D eigenvalue weighted by Gasteiger charge is 2.38. The number of imidazole rings is 1. The van der Waals surface area contributed by atoms with Crippen LogP contribution in [0.4, 0.5) is 13.2 Å². The molecule has 0 radical (unpaired) electrons. The zero-order chi connectivity index (χ0) is 16.8. The molecule has 0 bridgehead atoms. The zero-order valence-electron chi connectivity index (χ0n) is 12.3. The van der Waals surface area contributed by atoms with Crippen LogP contribution in [-0.2, 0) is 6.18 Å². The Morgan fingerprint density at radius 3 is 2.48 bits per heavy atom. The van der Waals surface area contributed by atoms with Gasteiger partial charge in [-0.05, 0) is 48.9 Å². The molecule has 0 saturated heterocycles. The fourth-order valence-corrected chi connectivity index (χ4v) is 2.84. The Balaban J connectivity index is 2.36. The number of methoxy groups -OCH3 is 1. The maximum absolute atomic E-state index is 13.4. The molecule has 0 unspecified atom stereocenters. The number of hydrogen-bond acceptors (Lipinski definition) is 2. The van der Waals surface area contributed by atoms with Gasteiger partial charge in [0, 0.05) is 4.47 Å². The number of aromatic nitrogens is 2. The molecule has 120 valence electrons. The number of alkyl halides is 3. The van der Waals surface area contributed by atoms with Gasteiger partial charge in [0.05, 0.1) is 23.8 Å². The summed E-state index contributed by atoms with van der Waals surface area (Å²) in [7, 11) is 1.51. The summed E-state index contributed by atoms with van der Waals surface area (Å²) in [6.07, 6.45) is -4.56. The van der Waals surface area contributed by atoms with Crippen molar-refractivity contribution in [2.24, 2.45) is 0 Å². The van der Waals surface area contributed by atoms with Gasteiger partial charge >= 0.3 is 6.18 Å². The fourth-order valence-electron chi connectivity index (χ4n) is 2.49. The number of halogens is 4. The van der Waals surface area contributed by atoms with Crippen molar-refractivity contribution in [3.8, 4) is 11.4 Å². The van der Waals surface area contributed by atoms with Crippen LogP contribution in [0.2, 0.25) is 0 Å². The van der Waals surface area contributed by atoms with E-state index in [-0.39, 0.29) is 5.52 Å². The predicted octanol–water partition coefficient (Wildman–Crippen LogP) is 5.12. The Bertz CT molecular complexity index is 887. The average molecular weight is 385 g/mol. The molecule has 3 aromatic rings. The lowest BCUT2D eigenvalue weighted by Crippen LogP contribution is -2.14. The lowest BCUT2D eigenvalue weighted by atomic mass is 10.1. The van der Waals surface area contributed by atoms with Gasteiger partial charge in [-0.2, -0.15) is 13.2 Å². The van der Waals surface area contributed by atoms with Crippen LogP contribution < -0.4 is 4.74 Å². The highest BCUT2D eigenvalue weighted by Crippen LogP contribution is 2.36. The number of fused-ring (bicyclic) bond motifs is 1. The van der Waals surface area contributed by atoms with Crippen LogP contribution in [-0.4, -0.2) is 16.7 Å². The van der Waals surface area contributed by atoms with Crippen molar-refractivity contribution < 1.29 is 17.9 Å². The topological polar surface area (TPSA) is 27.1 Å². The summed E-state index contributed by atoms with van der Waals surface area (Å²) in [6, 6.07) is 9.78. The van der Waals surface area contributed by atoms with Crippen LogP contribution in [0.25, 0.3) is 16.7 Å². The number of nitrogens with zero attached hydrogens (tertiary/aromatic N) is 2. The molecule has 1 heterocycles. The van der Waals surface area contributed by atoms with Crippen LogP contribution in [0.5, 0.6) is 5.75 Å². The van der Waals surface area contributed by atoms with Gasteiger partial charge in [0.15, 0.2) is 0 Å². The lowest BCUT2D eigenvalue weighted by Gasteiger charge is -2.14. The van der Waals surface area contributed by atoms with E-state index in [2.05, 4.69) is 20.9 Å². The molecule has 0 N–H and O–H groups in total. The van der Waals surface area contributed by atoms with E-state index in [0.717, 1.165) is 4.57 Å². The molecule has 1 aromatic heterocycles. The Morgan fingerprint density at radius 2 is 1.87 bits per heavy atom. The quantitative estimate of drug-likeness (QED) is 0.612. The van der Waals surface area contributed by atoms with Crippen LogP contribution in [0.1, 0.15) is 11.4 Å². The van der Waals surface area contributed by atoms with Gasteiger partial charge in [-0.25, -0.2) is 4.98 Å². The Morgan fingerprint density at radius 1 is 1.13 bits per heavy atom. The van der Waals surface area contributed by atoms with E-state index in [9.17, 15) is 13.2 Å². The molecule has 7 heteroatoms. The summed E-state index contributed by atoms with van der Waals surface area (Å²) in [5.74, 6) is -0.357. The van der Waals surface area contributed by atoms with E-state index in [0.29, 0.717) is 27.0 Å². The van der Waals surface area contributed by atoms with E-state index >= 15 is 0 Å². The minimum atomic E-state index is -4.56. The van der Waals surface area contributed by atoms with Crippen LogP contribution in [0, 0.1) is 6.92 Å². The number of hydrogen-bond donors (Lipinski definition) is 0. The largest absolute Gasteiger partial charge is 0.497 e. The van der Waals surface area contributed by atoms with Crippen molar-refractivity contribution in [2.75, 3.05) is 7.11 Å². The zero-order valence-corrected chi connectivity index (χ0v) is 13.9. The molecular weight excluding hydrogens is 373 g/mol. The molecule has 2 aromatic carbocycles. The molecule has 23 heavy (non-hydrogen) atoms. The first-order valence-corrected chi connectivity index (χ1v) is 7.51. The van der Waals surface area contributed by atoms with Crippen LogP contribution in [0.3, 0.4) is 0 Å². The molecule has 0 aliphatic heterocycles. The number of aryl methyl sites for hydroxylation is 1. The minimum Gasteiger partial charge on any atom is -0.497 e. The van der Waals surface area contributed by atoms with E-state index in [1.165, 1.54) is 7.11 Å². The van der Waals surface area contributed by atoms with Gasteiger partial charge in [-0.3, -0.25) is 4.57 Å². The number of rotatable bonds is 2. The second-order valence-electron chi connectivity index (χ2n) is 5.05. The fraction of sp³-hybridized carbons (Fsp3) is 0.188. The monoisotopic (exact) mass is 384 g/mol. The van der Waals surface area contributed by atoms with E-state index in [1.807, 2.05) is 0 Å². The summed E-state index contributed by atoms with van der Waals surface area (Å²) >= 11 is 3.30. The first kappa shape index (κ1) is 15.9. The molecular formula is C16H12BrF3N2O. The van der Waals surface area contributed by atoms with E-state index in [1.54, 1.807) is 43.3 Å². The van der Waals surface area contributed by atoms with Crippen molar-refractivity contribution in [1.29, 1.82) is 0 Å². The molecule has 3 rings (SSSR count). The molecule has 3 nitrogen and oxygen atoms in total. The summed E-state index contributed by atoms with van der Waals surface area (Å²) in [4.78, 5) is 3.77. The van der Waals surface area contributed by atoms with Gasteiger partial charge in [0.25, 0.3) is 0 Å². The van der Waals surface area contributed by atoms with Gasteiger partial charge in [0.2, 0.25) is 5.82 Å². The summed E-state index contributed by atoms with van der Waals surface area (Å²) in [5, 5.41) is 0. The van der Waals surface area contributed by atoms with Crippen molar-refractivity contribution in [2.45, 2.75) is 13.1 Å². The average Bonchev–Trinajstić information content (AvgIpc) is 2.85. The summed E-state index contributed by atoms with van der Waals surface area (Å²) in [6.45, 7) is 1.74. The van der Waals surface area contributed by atoms with Crippen molar-refractivity contribution in [3.05, 3.63) is 52.3 Å². The highest BCUT2D eigenvalue weighted by atomic mass is 79.9. The third-order valence-corrected chi connectivity index (χ3v) is 4.01. The van der Waals surface area contributed by atoms with Crippen molar-refractivity contribution in [1.82, 2.24) is 9.55 Å². The molecule has 0 fully saturated rings. The maximum atomic E-state index is 13.4. The van der Waals surface area contributed by atoms with E-state index in [4.69, 9.17) is 4.74 Å². The molecule has 0 atom stereocenters. The van der Waals surface area contributed by atoms with Crippen molar-refractivity contribution in [3.63, 3.8) is 0 Å². The third kappa shape index (κ3) is 2.81. The second kappa shape index (κ2) is 5.56. The number of benzene rings is 2. The van der Waals surface area contributed by atoms with Crippen molar-refractivity contribution >= 4 is 27.0 Å². The standard InChI is InChI=1S/C16H12BrF3N2O/c1-9-7-11(23-2)4-6-13(9)22-14-8-10(17)3-5-12(14)21-15(22)16(18,19)20/h3-8H,1-2H3. The normalized spacial score (nSPS) is 11.9. The molecule has 0 spiro atoms. The highest BCUT2D eigenvalue weighted by molar-refractivity contribution is 9.10. The summed E-state index contributed by atoms with van der Waals surface area (Å²) in [5.41, 5.74) is 1.75. The van der Waals surface area contributed by atoms with Gasteiger partial charge in [-0.15, -0.1) is 0 Å². The van der Waals surface area contributed by atoms with Gasteiger partial charge < -0.3 is 4.74 Å². The Labute approximate surface area is 138 Å². The lowest BCUT2D eigenvalue weighted by molar-refractivity contribution is -0.145. The van der Waals surface area contributed by atoms with Gasteiger partial charge in [-0.1, -0.05) is 15.9 Å². The van der Waals surface area contributed by atoms with Gasteiger partial charge in [0.1, 0.15) is 5.75 Å². The molecule has 0 aliphatic rings. The Hall–Kier alpha value is -2.02.